The predicted molar refractivity (Wildman–Crippen MR) is 111 cm³/mol. The van der Waals surface area contributed by atoms with Gasteiger partial charge in [-0.15, -0.1) is 0 Å². The minimum atomic E-state index is -0.103. The van der Waals surface area contributed by atoms with Crippen LogP contribution in [-0.2, 0) is 13.0 Å². The van der Waals surface area contributed by atoms with Crippen LogP contribution in [0.2, 0.25) is 5.02 Å². The highest BCUT2D eigenvalue weighted by Crippen LogP contribution is 2.24. The molecule has 0 aliphatic carbocycles. The minimum Gasteiger partial charge on any atom is -0.496 e. The molecule has 0 bridgehead atoms. The van der Waals surface area contributed by atoms with Crippen LogP contribution in [0.25, 0.3) is 0 Å². The lowest BCUT2D eigenvalue weighted by Crippen LogP contribution is -2.25. The Hall–Kier alpha value is -2.98. The summed E-state index contributed by atoms with van der Waals surface area (Å²) in [5, 5.41) is 3.52. The lowest BCUT2D eigenvalue weighted by Gasteiger charge is -2.10. The van der Waals surface area contributed by atoms with Gasteiger partial charge in [0.2, 0.25) is 0 Å². The smallest absolute Gasteiger partial charge is 0.251 e. The van der Waals surface area contributed by atoms with E-state index in [1.807, 2.05) is 54.6 Å². The number of ether oxygens (including phenoxy) is 2. The molecule has 5 heteroatoms. The Balaban J connectivity index is 1.50. The maximum absolute atomic E-state index is 12.3. The number of halogens is 1. The van der Waals surface area contributed by atoms with E-state index in [1.54, 1.807) is 25.3 Å². The Kier molecular flexibility index (Phi) is 6.93. The van der Waals surface area contributed by atoms with Gasteiger partial charge in [0.25, 0.3) is 5.91 Å². The molecule has 0 aliphatic heterocycles. The number of hydrogen-bond acceptors (Lipinski definition) is 3. The standard InChI is InChI=1S/C23H22ClNO3/c1-27-21-8-4-2-6-18(21)14-15-25-23(26)19-12-10-17(11-13-19)16-28-22-9-5-3-7-20(22)24/h2-13H,14-16H2,1H3,(H,25,26). The Morgan fingerprint density at radius 1 is 0.929 bits per heavy atom. The first-order valence-electron chi connectivity index (χ1n) is 9.04. The highest BCUT2D eigenvalue weighted by atomic mass is 35.5. The summed E-state index contributed by atoms with van der Waals surface area (Å²) in [6.45, 7) is 0.927. The van der Waals surface area contributed by atoms with Crippen molar-refractivity contribution in [2.45, 2.75) is 13.0 Å². The average molecular weight is 396 g/mol. The van der Waals surface area contributed by atoms with Crippen LogP contribution in [0.3, 0.4) is 0 Å². The SMILES string of the molecule is COc1ccccc1CCNC(=O)c1ccc(COc2ccccc2Cl)cc1. The second-order valence-electron chi connectivity index (χ2n) is 6.23. The largest absolute Gasteiger partial charge is 0.496 e. The van der Waals surface area contributed by atoms with E-state index in [2.05, 4.69) is 5.32 Å². The molecule has 0 fully saturated rings. The zero-order valence-corrected chi connectivity index (χ0v) is 16.4. The zero-order valence-electron chi connectivity index (χ0n) is 15.7. The quantitative estimate of drug-likeness (QED) is 0.590. The second kappa shape index (κ2) is 9.81. The highest BCUT2D eigenvalue weighted by Gasteiger charge is 2.07. The van der Waals surface area contributed by atoms with Crippen molar-refractivity contribution in [1.82, 2.24) is 5.32 Å². The molecule has 0 aromatic heterocycles. The molecule has 144 valence electrons. The molecule has 3 rings (SSSR count). The molecular weight excluding hydrogens is 374 g/mol. The predicted octanol–water partition coefficient (Wildman–Crippen LogP) is 4.90. The molecule has 0 saturated carbocycles. The van der Waals surface area contributed by atoms with Gasteiger partial charge in [0.05, 0.1) is 12.1 Å². The van der Waals surface area contributed by atoms with Gasteiger partial charge in [-0.25, -0.2) is 0 Å². The second-order valence-corrected chi connectivity index (χ2v) is 6.64. The van der Waals surface area contributed by atoms with E-state index in [0.717, 1.165) is 16.9 Å². The van der Waals surface area contributed by atoms with Gasteiger partial charge in [-0.1, -0.05) is 54.1 Å². The third-order valence-corrected chi connectivity index (χ3v) is 4.63. The number of nitrogens with one attached hydrogen (secondary N) is 1. The third-order valence-electron chi connectivity index (χ3n) is 4.32. The minimum absolute atomic E-state index is 0.103. The summed E-state index contributed by atoms with van der Waals surface area (Å²) in [7, 11) is 1.65. The summed E-state index contributed by atoms with van der Waals surface area (Å²) in [5.41, 5.74) is 2.64. The van der Waals surface area contributed by atoms with Crippen LogP contribution in [-0.4, -0.2) is 19.6 Å². The van der Waals surface area contributed by atoms with Crippen molar-refractivity contribution in [3.8, 4) is 11.5 Å². The molecule has 0 radical (unpaired) electrons. The molecule has 0 unspecified atom stereocenters. The first-order valence-corrected chi connectivity index (χ1v) is 9.41. The Morgan fingerprint density at radius 2 is 1.61 bits per heavy atom. The van der Waals surface area contributed by atoms with Gasteiger partial charge < -0.3 is 14.8 Å². The monoisotopic (exact) mass is 395 g/mol. The molecule has 1 N–H and O–H groups in total. The molecule has 0 atom stereocenters. The van der Waals surface area contributed by atoms with Gasteiger partial charge in [-0.05, 0) is 47.9 Å². The number of methoxy groups -OCH3 is 1. The Morgan fingerprint density at radius 3 is 2.32 bits per heavy atom. The summed E-state index contributed by atoms with van der Waals surface area (Å²) in [5.74, 6) is 1.37. The molecule has 0 saturated heterocycles. The summed E-state index contributed by atoms with van der Waals surface area (Å²) in [4.78, 5) is 12.3. The van der Waals surface area contributed by atoms with E-state index in [9.17, 15) is 4.79 Å². The lowest BCUT2D eigenvalue weighted by atomic mass is 10.1. The van der Waals surface area contributed by atoms with Gasteiger partial charge in [-0.2, -0.15) is 0 Å². The summed E-state index contributed by atoms with van der Waals surface area (Å²) >= 11 is 6.08. The maximum atomic E-state index is 12.3. The van der Waals surface area contributed by atoms with Crippen LogP contribution in [0.1, 0.15) is 21.5 Å². The van der Waals surface area contributed by atoms with Crippen molar-refractivity contribution < 1.29 is 14.3 Å². The molecule has 0 spiro atoms. The topological polar surface area (TPSA) is 47.6 Å². The molecule has 0 heterocycles. The van der Waals surface area contributed by atoms with E-state index in [-0.39, 0.29) is 5.91 Å². The number of carbonyl (C=O) groups excluding carboxylic acids is 1. The first kappa shape index (κ1) is 19.8. The van der Waals surface area contributed by atoms with Crippen LogP contribution < -0.4 is 14.8 Å². The molecule has 0 aliphatic rings. The zero-order chi connectivity index (χ0) is 19.8. The fourth-order valence-corrected chi connectivity index (χ4v) is 2.99. The van der Waals surface area contributed by atoms with Crippen LogP contribution >= 0.6 is 11.6 Å². The molecule has 3 aromatic carbocycles. The van der Waals surface area contributed by atoms with Gasteiger partial charge in [0, 0.05) is 12.1 Å². The number of carbonyl (C=O) groups is 1. The third kappa shape index (κ3) is 5.27. The van der Waals surface area contributed by atoms with Crippen molar-refractivity contribution in [3.63, 3.8) is 0 Å². The fraction of sp³-hybridized carbons (Fsp3) is 0.174. The molecule has 1 amide bonds. The molecule has 3 aromatic rings. The molecular formula is C23H22ClNO3. The molecule has 4 nitrogen and oxygen atoms in total. The maximum Gasteiger partial charge on any atom is 0.251 e. The Bertz CT molecular complexity index is 925. The van der Waals surface area contributed by atoms with E-state index in [4.69, 9.17) is 21.1 Å². The number of hydrogen-bond donors (Lipinski definition) is 1. The van der Waals surface area contributed by atoms with Gasteiger partial charge in [-0.3, -0.25) is 4.79 Å². The van der Waals surface area contributed by atoms with E-state index in [1.165, 1.54) is 0 Å². The normalized spacial score (nSPS) is 10.4. The fourth-order valence-electron chi connectivity index (χ4n) is 2.80. The van der Waals surface area contributed by atoms with Crippen LogP contribution in [0.5, 0.6) is 11.5 Å². The first-order chi connectivity index (χ1) is 13.7. The summed E-state index contributed by atoms with van der Waals surface area (Å²) < 4.78 is 11.0. The van der Waals surface area contributed by atoms with Crippen molar-refractivity contribution in [3.05, 3.63) is 94.5 Å². The Labute approximate surface area is 170 Å². The van der Waals surface area contributed by atoms with Crippen molar-refractivity contribution in [2.24, 2.45) is 0 Å². The number of benzene rings is 3. The van der Waals surface area contributed by atoms with E-state index >= 15 is 0 Å². The van der Waals surface area contributed by atoms with Gasteiger partial charge in [0.15, 0.2) is 0 Å². The highest BCUT2D eigenvalue weighted by molar-refractivity contribution is 6.32. The van der Waals surface area contributed by atoms with E-state index in [0.29, 0.717) is 35.9 Å². The number of rotatable bonds is 8. The van der Waals surface area contributed by atoms with Crippen molar-refractivity contribution in [1.29, 1.82) is 0 Å². The summed E-state index contributed by atoms with van der Waals surface area (Å²) in [6, 6.07) is 22.5. The van der Waals surface area contributed by atoms with Crippen LogP contribution in [0.15, 0.2) is 72.8 Å². The number of amides is 1. The van der Waals surface area contributed by atoms with Crippen LogP contribution in [0.4, 0.5) is 0 Å². The molecule has 28 heavy (non-hydrogen) atoms. The van der Waals surface area contributed by atoms with Gasteiger partial charge >= 0.3 is 0 Å². The van der Waals surface area contributed by atoms with E-state index < -0.39 is 0 Å². The van der Waals surface area contributed by atoms with Gasteiger partial charge in [0.1, 0.15) is 18.1 Å². The van der Waals surface area contributed by atoms with Crippen LogP contribution in [0, 0.1) is 0 Å². The van der Waals surface area contributed by atoms with Crippen molar-refractivity contribution >= 4 is 17.5 Å². The van der Waals surface area contributed by atoms with Crippen molar-refractivity contribution in [2.75, 3.05) is 13.7 Å². The summed E-state index contributed by atoms with van der Waals surface area (Å²) in [6.07, 6.45) is 0.708. The average Bonchev–Trinajstić information content (AvgIpc) is 2.74. The number of para-hydroxylation sites is 2. The lowest BCUT2D eigenvalue weighted by molar-refractivity contribution is 0.0954.